The Morgan fingerprint density at radius 2 is 2.10 bits per heavy atom. The van der Waals surface area contributed by atoms with Crippen LogP contribution in [0.5, 0.6) is 0 Å². The Morgan fingerprint density at radius 3 is 2.40 bits per heavy atom. The van der Waals surface area contributed by atoms with E-state index in [4.69, 9.17) is 5.21 Å². The third-order valence-corrected chi connectivity index (χ3v) is 1.29. The number of hydroxylamine groups is 1. The molecule has 0 aromatic carbocycles. The summed E-state index contributed by atoms with van der Waals surface area (Å²) in [6.45, 7) is 5.98. The van der Waals surface area contributed by atoms with E-state index in [0.29, 0.717) is 6.54 Å². The summed E-state index contributed by atoms with van der Waals surface area (Å²) < 4.78 is 0. The van der Waals surface area contributed by atoms with Gasteiger partial charge in [0.2, 0.25) is 0 Å². The summed E-state index contributed by atoms with van der Waals surface area (Å²) >= 11 is 0. The van der Waals surface area contributed by atoms with Gasteiger partial charge in [0.05, 0.1) is 5.54 Å². The van der Waals surface area contributed by atoms with Gasteiger partial charge in [-0.15, -0.1) is 0 Å². The Hall–Kier alpha value is -0.610. The van der Waals surface area contributed by atoms with Gasteiger partial charge < -0.3 is 5.32 Å². The number of likely N-dealkylation sites (N-methyl/N-ethyl adjacent to an activating group) is 1. The molecule has 0 unspecified atom stereocenters. The minimum atomic E-state index is -0.691. The lowest BCUT2D eigenvalue weighted by molar-refractivity contribution is -0.134. The second-order valence-electron chi connectivity index (χ2n) is 2.60. The van der Waals surface area contributed by atoms with Crippen LogP contribution in [0.3, 0.4) is 0 Å². The van der Waals surface area contributed by atoms with Crippen molar-refractivity contribution >= 4 is 5.91 Å². The Labute approximate surface area is 60.6 Å². The molecule has 1 amide bonds. The second-order valence-corrected chi connectivity index (χ2v) is 2.60. The molecule has 0 fully saturated rings. The molecule has 0 saturated heterocycles. The van der Waals surface area contributed by atoms with Gasteiger partial charge in [-0.05, 0) is 20.4 Å². The van der Waals surface area contributed by atoms with Crippen LogP contribution >= 0.6 is 0 Å². The summed E-state index contributed by atoms with van der Waals surface area (Å²) in [7, 11) is 0. The molecular formula is C6H14N2O2. The summed E-state index contributed by atoms with van der Waals surface area (Å²) in [5.74, 6) is -0.422. The first kappa shape index (κ1) is 9.39. The molecule has 0 aliphatic carbocycles. The summed E-state index contributed by atoms with van der Waals surface area (Å²) in [4.78, 5) is 10.8. The molecule has 4 heteroatoms. The number of hydrogen-bond acceptors (Lipinski definition) is 3. The Kier molecular flexibility index (Phi) is 3.32. The highest BCUT2D eigenvalue weighted by Crippen LogP contribution is 1.99. The molecule has 0 aliphatic heterocycles. The summed E-state index contributed by atoms with van der Waals surface area (Å²) in [5.41, 5.74) is 0.898. The van der Waals surface area contributed by atoms with Crippen LogP contribution in [0.2, 0.25) is 0 Å². The van der Waals surface area contributed by atoms with Gasteiger partial charge in [0, 0.05) is 0 Å². The fourth-order valence-corrected chi connectivity index (χ4v) is 0.662. The Bertz CT molecular complexity index is 123. The maximum atomic E-state index is 10.8. The predicted octanol–water partition coefficient (Wildman–Crippen LogP) is -0.120. The number of carbonyl (C=O) groups is 1. The zero-order valence-electron chi connectivity index (χ0n) is 6.56. The molecule has 0 heterocycles. The van der Waals surface area contributed by atoms with Gasteiger partial charge in [0.1, 0.15) is 0 Å². The van der Waals surface area contributed by atoms with E-state index in [-0.39, 0.29) is 0 Å². The van der Waals surface area contributed by atoms with Crippen molar-refractivity contribution in [2.24, 2.45) is 0 Å². The smallest absolute Gasteiger partial charge is 0.263 e. The fraction of sp³-hybridized carbons (Fsp3) is 0.833. The van der Waals surface area contributed by atoms with E-state index < -0.39 is 11.4 Å². The largest absolute Gasteiger partial charge is 0.304 e. The Morgan fingerprint density at radius 1 is 1.60 bits per heavy atom. The van der Waals surface area contributed by atoms with Gasteiger partial charge in [-0.25, -0.2) is 5.48 Å². The lowest BCUT2D eigenvalue weighted by atomic mass is 10.1. The molecule has 0 bridgehead atoms. The average molecular weight is 146 g/mol. The minimum Gasteiger partial charge on any atom is -0.304 e. The number of hydrogen-bond donors (Lipinski definition) is 3. The molecule has 0 saturated carbocycles. The maximum absolute atomic E-state index is 10.8. The van der Waals surface area contributed by atoms with Crippen molar-refractivity contribution in [2.75, 3.05) is 6.54 Å². The zero-order valence-corrected chi connectivity index (χ0v) is 6.56. The molecule has 0 rings (SSSR count). The van der Waals surface area contributed by atoms with E-state index >= 15 is 0 Å². The normalized spacial score (nSPS) is 11.2. The first-order valence-electron chi connectivity index (χ1n) is 3.24. The van der Waals surface area contributed by atoms with Crippen LogP contribution in [-0.4, -0.2) is 23.2 Å². The van der Waals surface area contributed by atoms with Crippen LogP contribution in [0.1, 0.15) is 20.8 Å². The molecule has 0 aromatic rings. The van der Waals surface area contributed by atoms with Gasteiger partial charge in [-0.2, -0.15) is 0 Å². The highest BCUT2D eigenvalue weighted by atomic mass is 16.5. The van der Waals surface area contributed by atoms with Crippen molar-refractivity contribution in [3.8, 4) is 0 Å². The van der Waals surface area contributed by atoms with Crippen LogP contribution in [0.25, 0.3) is 0 Å². The van der Waals surface area contributed by atoms with Crippen LogP contribution in [0.15, 0.2) is 0 Å². The summed E-state index contributed by atoms with van der Waals surface area (Å²) in [6.07, 6.45) is 0. The quantitative estimate of drug-likeness (QED) is 0.384. The molecule has 0 radical (unpaired) electrons. The van der Waals surface area contributed by atoms with Crippen LogP contribution in [0.4, 0.5) is 0 Å². The molecule has 0 aromatic heterocycles. The maximum Gasteiger partial charge on any atom is 0.263 e. The van der Waals surface area contributed by atoms with E-state index in [0.717, 1.165) is 0 Å². The topological polar surface area (TPSA) is 61.4 Å². The monoisotopic (exact) mass is 146 g/mol. The lowest BCUT2D eigenvalue weighted by Crippen LogP contribution is -2.51. The number of amides is 1. The van der Waals surface area contributed by atoms with Crippen LogP contribution < -0.4 is 10.8 Å². The summed E-state index contributed by atoms with van der Waals surface area (Å²) in [5, 5.41) is 11.2. The molecule has 4 nitrogen and oxygen atoms in total. The number of rotatable bonds is 3. The Balaban J connectivity index is 3.96. The van der Waals surface area contributed by atoms with Gasteiger partial charge in [0.25, 0.3) is 5.91 Å². The third kappa shape index (κ3) is 2.33. The number of carbonyl (C=O) groups excluding carboxylic acids is 1. The van der Waals surface area contributed by atoms with Gasteiger partial charge in [-0.1, -0.05) is 6.92 Å². The SMILES string of the molecule is CCNC(C)(C)C(=O)NO. The molecular weight excluding hydrogens is 132 g/mol. The molecule has 0 spiro atoms. The summed E-state index contributed by atoms with van der Waals surface area (Å²) in [6, 6.07) is 0. The highest BCUT2D eigenvalue weighted by Gasteiger charge is 2.25. The van der Waals surface area contributed by atoms with Crippen molar-refractivity contribution in [2.45, 2.75) is 26.3 Å². The van der Waals surface area contributed by atoms with E-state index in [1.165, 1.54) is 0 Å². The van der Waals surface area contributed by atoms with Gasteiger partial charge in [0.15, 0.2) is 0 Å². The number of nitrogens with one attached hydrogen (secondary N) is 2. The van der Waals surface area contributed by atoms with Crippen molar-refractivity contribution in [3.05, 3.63) is 0 Å². The highest BCUT2D eigenvalue weighted by molar-refractivity contribution is 5.84. The van der Waals surface area contributed by atoms with E-state index in [1.54, 1.807) is 19.3 Å². The molecule has 10 heavy (non-hydrogen) atoms. The first-order chi connectivity index (χ1) is 4.54. The van der Waals surface area contributed by atoms with E-state index in [9.17, 15) is 4.79 Å². The fourth-order valence-electron chi connectivity index (χ4n) is 0.662. The van der Waals surface area contributed by atoms with Crippen LogP contribution in [0, 0.1) is 0 Å². The zero-order chi connectivity index (χ0) is 8.20. The molecule has 60 valence electrons. The van der Waals surface area contributed by atoms with Crippen molar-refractivity contribution in [3.63, 3.8) is 0 Å². The van der Waals surface area contributed by atoms with Gasteiger partial charge >= 0.3 is 0 Å². The predicted molar refractivity (Wildman–Crippen MR) is 37.7 cm³/mol. The second kappa shape index (κ2) is 3.53. The molecule has 3 N–H and O–H groups in total. The lowest BCUT2D eigenvalue weighted by Gasteiger charge is -2.22. The van der Waals surface area contributed by atoms with Crippen molar-refractivity contribution in [1.82, 2.24) is 10.8 Å². The van der Waals surface area contributed by atoms with Crippen molar-refractivity contribution < 1.29 is 10.0 Å². The van der Waals surface area contributed by atoms with E-state index in [1.807, 2.05) is 6.92 Å². The van der Waals surface area contributed by atoms with Gasteiger partial charge in [-0.3, -0.25) is 10.0 Å². The van der Waals surface area contributed by atoms with E-state index in [2.05, 4.69) is 5.32 Å². The van der Waals surface area contributed by atoms with Crippen molar-refractivity contribution in [1.29, 1.82) is 0 Å². The minimum absolute atomic E-state index is 0.422. The first-order valence-corrected chi connectivity index (χ1v) is 3.24. The molecule has 0 aliphatic rings. The molecule has 0 atom stereocenters. The standard InChI is InChI=1S/C6H14N2O2/c1-4-7-6(2,3)5(9)8-10/h7,10H,4H2,1-3H3,(H,8,9). The third-order valence-electron chi connectivity index (χ3n) is 1.29. The average Bonchev–Trinajstić information content (AvgIpc) is 1.86. The van der Waals surface area contributed by atoms with Crippen LogP contribution in [-0.2, 0) is 4.79 Å².